The maximum Gasteiger partial charge on any atom is 0.411 e. The van der Waals surface area contributed by atoms with E-state index < -0.39 is 35.2 Å². The Kier molecular flexibility index (Phi) is 6.18. The number of aliphatic hydroxyl groups is 2. The van der Waals surface area contributed by atoms with Crippen LogP contribution in [0.1, 0.15) is 33.6 Å². The first-order chi connectivity index (χ1) is 10.6. The first-order valence-corrected chi connectivity index (χ1v) is 7.60. The monoisotopic (exact) mass is 329 g/mol. The van der Waals surface area contributed by atoms with E-state index >= 15 is 0 Å². The van der Waals surface area contributed by atoms with Gasteiger partial charge < -0.3 is 19.7 Å². The number of aliphatic hydroxyl groups excluding tert-OH is 2. The molecule has 3 atom stereocenters. The molecule has 23 heavy (non-hydrogen) atoms. The second kappa shape index (κ2) is 7.31. The zero-order valence-electron chi connectivity index (χ0n) is 14.2. The lowest BCUT2D eigenvalue weighted by Gasteiger charge is -2.36. The van der Waals surface area contributed by atoms with E-state index in [2.05, 4.69) is 6.58 Å². The molecule has 1 heterocycles. The maximum absolute atomic E-state index is 12.4. The van der Waals surface area contributed by atoms with Crippen molar-refractivity contribution in [3.63, 3.8) is 0 Å². The predicted molar refractivity (Wildman–Crippen MR) is 83.7 cm³/mol. The van der Waals surface area contributed by atoms with Gasteiger partial charge in [0.2, 0.25) is 0 Å². The number of allylic oxidation sites excluding steroid dienone is 1. The first kappa shape index (κ1) is 19.4. The smallest absolute Gasteiger partial charge is 0.411 e. The number of β-amino-alcohol motifs (C(OH)–C–C–N with tert-alkyl or cyclic N) is 1. The second-order valence-electron chi connectivity index (χ2n) is 6.77. The minimum atomic E-state index is -1.04. The number of nitrogens with zero attached hydrogens (tertiary/aromatic N) is 1. The van der Waals surface area contributed by atoms with Crippen molar-refractivity contribution in [3.8, 4) is 0 Å². The molecule has 0 saturated carbocycles. The minimum absolute atomic E-state index is 0.0669. The van der Waals surface area contributed by atoms with Crippen molar-refractivity contribution in [1.29, 1.82) is 0 Å². The molecule has 2 N–H and O–H groups in total. The van der Waals surface area contributed by atoms with E-state index in [1.165, 1.54) is 12.0 Å². The summed E-state index contributed by atoms with van der Waals surface area (Å²) < 4.78 is 10.1. The summed E-state index contributed by atoms with van der Waals surface area (Å²) in [5, 5.41) is 19.9. The number of amides is 1. The Morgan fingerprint density at radius 3 is 2.48 bits per heavy atom. The van der Waals surface area contributed by atoms with Gasteiger partial charge in [-0.05, 0) is 33.6 Å². The highest BCUT2D eigenvalue weighted by Gasteiger charge is 2.58. The van der Waals surface area contributed by atoms with Crippen LogP contribution in [-0.2, 0) is 14.3 Å². The Morgan fingerprint density at radius 1 is 1.43 bits per heavy atom. The molecule has 1 aliphatic heterocycles. The number of hydrogen-bond acceptors (Lipinski definition) is 6. The van der Waals surface area contributed by atoms with E-state index in [1.54, 1.807) is 26.8 Å². The third kappa shape index (κ3) is 4.03. The molecular weight excluding hydrogens is 302 g/mol. The van der Waals surface area contributed by atoms with Gasteiger partial charge in [-0.15, -0.1) is 6.58 Å². The number of ether oxygens (including phenoxy) is 2. The van der Waals surface area contributed by atoms with E-state index in [0.29, 0.717) is 0 Å². The molecule has 1 amide bonds. The molecule has 2 unspecified atom stereocenters. The zero-order valence-corrected chi connectivity index (χ0v) is 14.2. The van der Waals surface area contributed by atoms with Crippen molar-refractivity contribution < 1.29 is 29.3 Å². The van der Waals surface area contributed by atoms with Crippen LogP contribution in [0.2, 0.25) is 0 Å². The molecule has 0 aliphatic carbocycles. The van der Waals surface area contributed by atoms with Crippen molar-refractivity contribution >= 4 is 12.1 Å². The fourth-order valence-corrected chi connectivity index (χ4v) is 3.07. The molecule has 0 aromatic heterocycles. The van der Waals surface area contributed by atoms with Crippen LogP contribution in [0.5, 0.6) is 0 Å². The number of esters is 1. The average molecular weight is 329 g/mol. The highest BCUT2D eigenvalue weighted by molar-refractivity contribution is 5.83. The van der Waals surface area contributed by atoms with Crippen molar-refractivity contribution in [1.82, 2.24) is 4.90 Å². The van der Waals surface area contributed by atoms with E-state index in [4.69, 9.17) is 9.47 Å². The van der Waals surface area contributed by atoms with Gasteiger partial charge in [0.1, 0.15) is 11.6 Å². The fraction of sp³-hybridized carbons (Fsp3) is 0.750. The predicted octanol–water partition coefficient (Wildman–Crippen LogP) is 1.08. The summed E-state index contributed by atoms with van der Waals surface area (Å²) in [6.07, 6.45) is 0.264. The van der Waals surface area contributed by atoms with Crippen LogP contribution in [0.3, 0.4) is 0 Å². The number of likely N-dealkylation sites (tertiary alicyclic amines) is 1. The fourth-order valence-electron chi connectivity index (χ4n) is 3.07. The molecule has 0 bridgehead atoms. The van der Waals surface area contributed by atoms with E-state index in [-0.39, 0.29) is 26.0 Å². The van der Waals surface area contributed by atoms with Gasteiger partial charge in [-0.1, -0.05) is 6.08 Å². The minimum Gasteiger partial charge on any atom is -0.467 e. The number of hydrogen-bond donors (Lipinski definition) is 2. The Morgan fingerprint density at radius 2 is 2.04 bits per heavy atom. The average Bonchev–Trinajstić information content (AvgIpc) is 2.71. The summed E-state index contributed by atoms with van der Waals surface area (Å²) in [7, 11) is 1.22. The summed E-state index contributed by atoms with van der Waals surface area (Å²) in [5.74, 6) is -0.650. The third-order valence-electron chi connectivity index (χ3n) is 4.04. The van der Waals surface area contributed by atoms with Crippen LogP contribution in [0.15, 0.2) is 12.7 Å². The molecule has 7 heteroatoms. The number of carbonyl (C=O) groups excluding carboxylic acids is 2. The van der Waals surface area contributed by atoms with Gasteiger partial charge in [0.05, 0.1) is 19.8 Å². The van der Waals surface area contributed by atoms with Gasteiger partial charge in [-0.2, -0.15) is 0 Å². The highest BCUT2D eigenvalue weighted by atomic mass is 16.6. The molecule has 1 fully saturated rings. The Labute approximate surface area is 136 Å². The lowest BCUT2D eigenvalue weighted by Crippen LogP contribution is -2.51. The van der Waals surface area contributed by atoms with Gasteiger partial charge in [0, 0.05) is 12.0 Å². The van der Waals surface area contributed by atoms with E-state index in [0.717, 1.165) is 0 Å². The van der Waals surface area contributed by atoms with Crippen molar-refractivity contribution in [2.75, 3.05) is 20.3 Å². The van der Waals surface area contributed by atoms with Crippen molar-refractivity contribution in [3.05, 3.63) is 12.7 Å². The lowest BCUT2D eigenvalue weighted by atomic mass is 9.73. The van der Waals surface area contributed by atoms with Crippen LogP contribution in [0.25, 0.3) is 0 Å². The van der Waals surface area contributed by atoms with Crippen LogP contribution in [-0.4, -0.2) is 65.2 Å². The number of rotatable bonds is 5. The topological polar surface area (TPSA) is 96.3 Å². The summed E-state index contributed by atoms with van der Waals surface area (Å²) in [5.41, 5.74) is -1.77. The van der Waals surface area contributed by atoms with E-state index in [1.807, 2.05) is 0 Å². The Hall–Kier alpha value is -1.60. The van der Waals surface area contributed by atoms with Crippen molar-refractivity contribution in [2.24, 2.45) is 5.41 Å². The summed E-state index contributed by atoms with van der Waals surface area (Å²) in [6.45, 7) is 8.51. The molecule has 0 aromatic rings. The molecule has 0 spiro atoms. The normalized spacial score (nSPS) is 27.7. The number of methoxy groups -OCH3 is 1. The third-order valence-corrected chi connectivity index (χ3v) is 4.04. The molecule has 1 aliphatic rings. The zero-order chi connectivity index (χ0) is 17.8. The quantitative estimate of drug-likeness (QED) is 0.579. The molecular formula is C16H27NO6. The molecule has 0 radical (unpaired) electrons. The Bertz CT molecular complexity index is 458. The highest BCUT2D eigenvalue weighted by Crippen LogP contribution is 2.44. The van der Waals surface area contributed by atoms with Gasteiger partial charge >= 0.3 is 12.1 Å². The van der Waals surface area contributed by atoms with Gasteiger partial charge in [0.25, 0.3) is 0 Å². The van der Waals surface area contributed by atoms with Crippen LogP contribution in [0, 0.1) is 5.41 Å². The molecule has 0 aromatic carbocycles. The summed E-state index contributed by atoms with van der Waals surface area (Å²) in [6, 6.07) is -1.04. The van der Waals surface area contributed by atoms with Crippen molar-refractivity contribution in [2.45, 2.75) is 51.4 Å². The van der Waals surface area contributed by atoms with Gasteiger partial charge in [-0.25, -0.2) is 9.59 Å². The van der Waals surface area contributed by atoms with Gasteiger partial charge in [0.15, 0.2) is 0 Å². The maximum atomic E-state index is 12.4. The Balaban J connectivity index is 3.24. The molecule has 132 valence electrons. The molecule has 1 saturated heterocycles. The summed E-state index contributed by atoms with van der Waals surface area (Å²) >= 11 is 0. The SMILES string of the molecule is C=CCC1(CCO)C(O)CN(C(=O)OC(C)(C)C)[C@@H]1C(=O)OC. The standard InChI is InChI=1S/C16H27NO6/c1-6-7-16(8-9-18)11(19)10-17(12(16)13(20)22-5)14(21)23-15(2,3)4/h6,11-12,18-19H,1,7-10H2,2-5H3/t11?,12-,16?/m1/s1. The largest absolute Gasteiger partial charge is 0.467 e. The van der Waals surface area contributed by atoms with Crippen LogP contribution in [0.4, 0.5) is 4.79 Å². The molecule has 1 rings (SSSR count). The second-order valence-corrected chi connectivity index (χ2v) is 6.77. The van der Waals surface area contributed by atoms with Crippen LogP contribution < -0.4 is 0 Å². The lowest BCUT2D eigenvalue weighted by molar-refractivity contribution is -0.151. The van der Waals surface area contributed by atoms with E-state index in [9.17, 15) is 19.8 Å². The van der Waals surface area contributed by atoms with Gasteiger partial charge in [-0.3, -0.25) is 4.90 Å². The molecule has 7 nitrogen and oxygen atoms in total. The summed E-state index contributed by atoms with van der Waals surface area (Å²) in [4.78, 5) is 25.9. The first-order valence-electron chi connectivity index (χ1n) is 7.60. The van der Waals surface area contributed by atoms with Crippen LogP contribution >= 0.6 is 0 Å². The number of carbonyl (C=O) groups is 2.